The molecule has 0 fully saturated rings. The second-order valence-corrected chi connectivity index (χ2v) is 3.86. The van der Waals surface area contributed by atoms with Gasteiger partial charge in [-0.1, -0.05) is 37.6 Å². The molecule has 0 aromatic heterocycles. The first kappa shape index (κ1) is 11.3. The van der Waals surface area contributed by atoms with Crippen molar-refractivity contribution in [1.82, 2.24) is 5.32 Å². The Bertz CT molecular complexity index is 250. The molecular formula is C13H21N. The average molecular weight is 191 g/mol. The van der Waals surface area contributed by atoms with E-state index in [-0.39, 0.29) is 0 Å². The highest BCUT2D eigenvalue weighted by Crippen LogP contribution is 2.13. The molecule has 0 saturated carbocycles. The number of aryl methyl sites for hydroxylation is 1. The topological polar surface area (TPSA) is 12.0 Å². The van der Waals surface area contributed by atoms with Crippen LogP contribution in [0.25, 0.3) is 0 Å². The Hall–Kier alpha value is -0.820. The third-order valence-electron chi connectivity index (χ3n) is 2.73. The second-order valence-electron chi connectivity index (χ2n) is 3.86. The van der Waals surface area contributed by atoms with Crippen LogP contribution >= 0.6 is 0 Å². The van der Waals surface area contributed by atoms with Crippen LogP contribution in [0.1, 0.15) is 43.9 Å². The Balaban J connectivity index is 2.59. The summed E-state index contributed by atoms with van der Waals surface area (Å²) in [5, 5.41) is 3.24. The van der Waals surface area contributed by atoms with Crippen LogP contribution < -0.4 is 5.32 Å². The lowest BCUT2D eigenvalue weighted by molar-refractivity contribution is 0.652. The van der Waals surface area contributed by atoms with Crippen molar-refractivity contribution < 1.29 is 0 Å². The molecule has 1 atom stereocenters. The predicted octanol–water partition coefficient (Wildman–Crippen LogP) is 3.31. The summed E-state index contributed by atoms with van der Waals surface area (Å²) in [6, 6.07) is 9.41. The van der Waals surface area contributed by atoms with Gasteiger partial charge in [0, 0.05) is 6.04 Å². The summed E-state index contributed by atoms with van der Waals surface area (Å²) in [6.45, 7) is 4.42. The molecule has 0 bridgehead atoms. The zero-order valence-electron chi connectivity index (χ0n) is 9.51. The van der Waals surface area contributed by atoms with E-state index in [1.54, 1.807) is 0 Å². The molecule has 0 saturated heterocycles. The highest BCUT2D eigenvalue weighted by molar-refractivity contribution is 5.24. The second kappa shape index (κ2) is 5.82. The van der Waals surface area contributed by atoms with E-state index < -0.39 is 0 Å². The maximum absolute atomic E-state index is 3.24. The molecule has 1 aromatic carbocycles. The van der Waals surface area contributed by atoms with Crippen molar-refractivity contribution >= 4 is 0 Å². The normalized spacial score (nSPS) is 12.8. The molecule has 1 N–H and O–H groups in total. The van der Waals surface area contributed by atoms with Crippen molar-refractivity contribution in [2.45, 2.75) is 39.2 Å². The molecule has 0 heterocycles. The molecule has 1 nitrogen and oxygen atoms in total. The van der Waals surface area contributed by atoms with E-state index in [2.05, 4.69) is 43.4 Å². The largest absolute Gasteiger partial charge is 0.313 e. The number of unbranched alkanes of at least 4 members (excludes halogenated alkanes) is 1. The summed E-state index contributed by atoms with van der Waals surface area (Å²) in [7, 11) is 2.00. The lowest BCUT2D eigenvalue weighted by atomic mass is 10.0. The summed E-state index contributed by atoms with van der Waals surface area (Å²) in [6.07, 6.45) is 3.78. The molecule has 1 aromatic rings. The Morgan fingerprint density at radius 3 is 2.36 bits per heavy atom. The fourth-order valence-corrected chi connectivity index (χ4v) is 1.52. The van der Waals surface area contributed by atoms with Gasteiger partial charge in [0.15, 0.2) is 0 Å². The van der Waals surface area contributed by atoms with Crippen LogP contribution in [0.2, 0.25) is 0 Å². The fraction of sp³-hybridized carbons (Fsp3) is 0.538. The minimum Gasteiger partial charge on any atom is -0.313 e. The molecule has 0 aliphatic rings. The van der Waals surface area contributed by atoms with Crippen molar-refractivity contribution in [3.05, 3.63) is 35.4 Å². The first-order chi connectivity index (χ1) is 6.77. The summed E-state index contributed by atoms with van der Waals surface area (Å²) in [5.74, 6) is 0. The van der Waals surface area contributed by atoms with Gasteiger partial charge in [-0.2, -0.15) is 0 Å². The first-order valence-corrected chi connectivity index (χ1v) is 5.54. The van der Waals surface area contributed by atoms with E-state index in [4.69, 9.17) is 0 Å². The molecule has 0 radical (unpaired) electrons. The molecule has 0 aliphatic carbocycles. The monoisotopic (exact) mass is 191 g/mol. The Labute approximate surface area is 87.5 Å². The average Bonchev–Trinajstić information content (AvgIpc) is 2.26. The van der Waals surface area contributed by atoms with Gasteiger partial charge in [-0.15, -0.1) is 0 Å². The molecule has 0 aliphatic heterocycles. The van der Waals surface area contributed by atoms with E-state index >= 15 is 0 Å². The summed E-state index contributed by atoms with van der Waals surface area (Å²) in [5.41, 5.74) is 2.83. The maximum atomic E-state index is 3.24. The third kappa shape index (κ3) is 3.15. The minimum atomic E-state index is 0.454. The van der Waals surface area contributed by atoms with Gasteiger partial charge in [0.25, 0.3) is 0 Å². The molecular weight excluding hydrogens is 170 g/mol. The van der Waals surface area contributed by atoms with E-state index in [0.29, 0.717) is 6.04 Å². The standard InChI is InChI=1S/C13H21N/c1-4-5-6-12-7-9-13(10-8-12)11(2)14-3/h7-11,14H,4-6H2,1-3H3. The summed E-state index contributed by atoms with van der Waals surface area (Å²) in [4.78, 5) is 0. The zero-order chi connectivity index (χ0) is 10.4. The van der Waals surface area contributed by atoms with E-state index in [9.17, 15) is 0 Å². The third-order valence-corrected chi connectivity index (χ3v) is 2.73. The molecule has 1 heteroatoms. The van der Waals surface area contributed by atoms with Crippen molar-refractivity contribution in [2.24, 2.45) is 0 Å². The van der Waals surface area contributed by atoms with Gasteiger partial charge in [-0.05, 0) is 37.9 Å². The Kier molecular flexibility index (Phi) is 4.68. The highest BCUT2D eigenvalue weighted by atomic mass is 14.8. The van der Waals surface area contributed by atoms with Crippen molar-refractivity contribution in [3.63, 3.8) is 0 Å². The SMILES string of the molecule is CCCCc1ccc(C(C)NC)cc1. The Morgan fingerprint density at radius 2 is 1.86 bits per heavy atom. The van der Waals surface area contributed by atoms with Gasteiger partial charge in [-0.25, -0.2) is 0 Å². The summed E-state index contributed by atoms with van der Waals surface area (Å²) >= 11 is 0. The molecule has 0 spiro atoms. The van der Waals surface area contributed by atoms with Gasteiger partial charge >= 0.3 is 0 Å². The zero-order valence-corrected chi connectivity index (χ0v) is 9.51. The van der Waals surface area contributed by atoms with Crippen LogP contribution in [0.3, 0.4) is 0 Å². The predicted molar refractivity (Wildman–Crippen MR) is 62.5 cm³/mol. The van der Waals surface area contributed by atoms with E-state index in [1.165, 1.54) is 30.4 Å². The van der Waals surface area contributed by atoms with Crippen LogP contribution in [0.5, 0.6) is 0 Å². The van der Waals surface area contributed by atoms with Gasteiger partial charge in [-0.3, -0.25) is 0 Å². The van der Waals surface area contributed by atoms with Gasteiger partial charge in [0.2, 0.25) is 0 Å². The number of rotatable bonds is 5. The summed E-state index contributed by atoms with van der Waals surface area (Å²) < 4.78 is 0. The van der Waals surface area contributed by atoms with Gasteiger partial charge in [0.1, 0.15) is 0 Å². The number of hydrogen-bond acceptors (Lipinski definition) is 1. The van der Waals surface area contributed by atoms with Crippen molar-refractivity contribution in [2.75, 3.05) is 7.05 Å². The lowest BCUT2D eigenvalue weighted by Gasteiger charge is -2.10. The highest BCUT2D eigenvalue weighted by Gasteiger charge is 2.01. The van der Waals surface area contributed by atoms with Crippen LogP contribution in [0.4, 0.5) is 0 Å². The number of nitrogens with one attached hydrogen (secondary N) is 1. The van der Waals surface area contributed by atoms with Crippen molar-refractivity contribution in [1.29, 1.82) is 0 Å². The lowest BCUT2D eigenvalue weighted by Crippen LogP contribution is -2.11. The minimum absolute atomic E-state index is 0.454. The number of benzene rings is 1. The molecule has 0 amide bonds. The first-order valence-electron chi connectivity index (χ1n) is 5.54. The maximum Gasteiger partial charge on any atom is 0.0289 e. The molecule has 78 valence electrons. The van der Waals surface area contributed by atoms with Gasteiger partial charge < -0.3 is 5.32 Å². The van der Waals surface area contributed by atoms with E-state index in [1.807, 2.05) is 7.05 Å². The fourth-order valence-electron chi connectivity index (χ4n) is 1.52. The smallest absolute Gasteiger partial charge is 0.0289 e. The van der Waals surface area contributed by atoms with Crippen molar-refractivity contribution in [3.8, 4) is 0 Å². The van der Waals surface area contributed by atoms with Crippen LogP contribution in [-0.2, 0) is 6.42 Å². The molecule has 14 heavy (non-hydrogen) atoms. The van der Waals surface area contributed by atoms with Crippen LogP contribution in [0, 0.1) is 0 Å². The molecule has 1 rings (SSSR count). The van der Waals surface area contributed by atoms with E-state index in [0.717, 1.165) is 0 Å². The van der Waals surface area contributed by atoms with Gasteiger partial charge in [0.05, 0.1) is 0 Å². The number of hydrogen-bond donors (Lipinski definition) is 1. The van der Waals surface area contributed by atoms with Crippen LogP contribution in [-0.4, -0.2) is 7.05 Å². The van der Waals surface area contributed by atoms with Crippen LogP contribution in [0.15, 0.2) is 24.3 Å². The molecule has 1 unspecified atom stereocenters. The quantitative estimate of drug-likeness (QED) is 0.753. The Morgan fingerprint density at radius 1 is 1.21 bits per heavy atom.